The minimum absolute atomic E-state index is 0.940. The fraction of sp³-hybridized carbons (Fsp3) is 0.579. The van der Waals surface area contributed by atoms with E-state index in [0.717, 1.165) is 25.3 Å². The molecule has 0 spiro atoms. The first-order valence-corrected chi connectivity index (χ1v) is 9.00. The van der Waals surface area contributed by atoms with Gasteiger partial charge in [0.2, 0.25) is 0 Å². The highest BCUT2D eigenvalue weighted by molar-refractivity contribution is 6.27. The van der Waals surface area contributed by atoms with E-state index in [4.69, 9.17) is 24.5 Å². The number of rotatable bonds is 8. The van der Waals surface area contributed by atoms with Crippen molar-refractivity contribution in [1.82, 2.24) is 9.80 Å². The van der Waals surface area contributed by atoms with Gasteiger partial charge in [-0.2, -0.15) is 0 Å². The van der Waals surface area contributed by atoms with E-state index in [2.05, 4.69) is 41.0 Å². The van der Waals surface area contributed by atoms with E-state index in [-0.39, 0.29) is 0 Å². The average molecular weight is 366 g/mol. The molecule has 1 aliphatic heterocycles. The van der Waals surface area contributed by atoms with E-state index < -0.39 is 11.9 Å². The van der Waals surface area contributed by atoms with Crippen molar-refractivity contribution >= 4 is 11.9 Å². The first-order chi connectivity index (χ1) is 12.5. The molecule has 0 aliphatic carbocycles. The summed E-state index contributed by atoms with van der Waals surface area (Å²) >= 11 is 0. The van der Waals surface area contributed by atoms with Crippen molar-refractivity contribution in [2.24, 2.45) is 0 Å². The van der Waals surface area contributed by atoms with Crippen molar-refractivity contribution < 1.29 is 24.5 Å². The number of aliphatic carboxylic acids is 2. The van der Waals surface area contributed by atoms with Crippen LogP contribution in [0.4, 0.5) is 0 Å². The number of benzene rings is 1. The lowest BCUT2D eigenvalue weighted by Crippen LogP contribution is -2.34. The SMILES string of the molecule is CCN(CCc1ccc(OC)cc1)CCN1CCCC1.O=C(O)C(=O)O. The van der Waals surface area contributed by atoms with Crippen LogP contribution in [0, 0.1) is 0 Å². The standard InChI is InChI=1S/C17H28N2O.C2H2O4/c1-3-18(14-15-19-11-4-5-12-19)13-10-16-6-8-17(20-2)9-7-16;3-1(4)2(5)6/h6-9H,3-5,10-15H2,1-2H3;(H,3,4)(H,5,6). The molecule has 1 saturated heterocycles. The summed E-state index contributed by atoms with van der Waals surface area (Å²) in [7, 11) is 1.71. The molecule has 146 valence electrons. The van der Waals surface area contributed by atoms with Gasteiger partial charge in [0.15, 0.2) is 0 Å². The van der Waals surface area contributed by atoms with Crippen LogP contribution in [-0.4, -0.2) is 78.3 Å². The van der Waals surface area contributed by atoms with Gasteiger partial charge in [0, 0.05) is 19.6 Å². The summed E-state index contributed by atoms with van der Waals surface area (Å²) in [4.78, 5) is 23.4. The zero-order valence-electron chi connectivity index (χ0n) is 15.7. The molecule has 0 saturated carbocycles. The third kappa shape index (κ3) is 8.82. The van der Waals surface area contributed by atoms with E-state index in [1.807, 2.05) is 0 Å². The maximum Gasteiger partial charge on any atom is 0.414 e. The van der Waals surface area contributed by atoms with Gasteiger partial charge in [-0.1, -0.05) is 19.1 Å². The van der Waals surface area contributed by atoms with Gasteiger partial charge < -0.3 is 24.7 Å². The molecule has 0 atom stereocenters. The Bertz CT molecular complexity index is 529. The number of likely N-dealkylation sites (N-methyl/N-ethyl adjacent to an activating group) is 1. The molecule has 0 unspecified atom stereocenters. The van der Waals surface area contributed by atoms with Gasteiger partial charge >= 0.3 is 11.9 Å². The Balaban J connectivity index is 0.000000487. The molecule has 0 amide bonds. The molecule has 7 nitrogen and oxygen atoms in total. The Labute approximate surface area is 155 Å². The summed E-state index contributed by atoms with van der Waals surface area (Å²) in [6.45, 7) is 9.59. The predicted octanol–water partition coefficient (Wildman–Crippen LogP) is 1.81. The van der Waals surface area contributed by atoms with Crippen LogP contribution in [0.15, 0.2) is 24.3 Å². The van der Waals surface area contributed by atoms with Crippen molar-refractivity contribution in [2.45, 2.75) is 26.2 Å². The average Bonchev–Trinajstić information content (AvgIpc) is 3.16. The van der Waals surface area contributed by atoms with Crippen molar-refractivity contribution in [1.29, 1.82) is 0 Å². The monoisotopic (exact) mass is 366 g/mol. The van der Waals surface area contributed by atoms with Crippen LogP contribution in [0.5, 0.6) is 5.75 Å². The molecule has 1 fully saturated rings. The molecule has 0 bridgehead atoms. The van der Waals surface area contributed by atoms with Crippen molar-refractivity contribution in [3.8, 4) is 5.75 Å². The summed E-state index contributed by atoms with van der Waals surface area (Å²) in [6.07, 6.45) is 3.90. The normalized spacial score (nSPS) is 14.0. The molecule has 0 radical (unpaired) electrons. The van der Waals surface area contributed by atoms with Gasteiger partial charge in [0.05, 0.1) is 7.11 Å². The van der Waals surface area contributed by atoms with Gasteiger partial charge in [-0.25, -0.2) is 9.59 Å². The third-order valence-electron chi connectivity index (χ3n) is 4.44. The maximum absolute atomic E-state index is 9.10. The molecule has 1 heterocycles. The van der Waals surface area contributed by atoms with Gasteiger partial charge in [-0.15, -0.1) is 0 Å². The fourth-order valence-electron chi connectivity index (χ4n) is 2.80. The Kier molecular flexibility index (Phi) is 10.3. The quantitative estimate of drug-likeness (QED) is 0.678. The number of ether oxygens (including phenoxy) is 1. The molecule has 1 aromatic rings. The van der Waals surface area contributed by atoms with Gasteiger partial charge in [0.25, 0.3) is 0 Å². The molecule has 1 aromatic carbocycles. The van der Waals surface area contributed by atoms with Crippen LogP contribution in [0.1, 0.15) is 25.3 Å². The minimum Gasteiger partial charge on any atom is -0.497 e. The van der Waals surface area contributed by atoms with Gasteiger partial charge in [0.1, 0.15) is 5.75 Å². The van der Waals surface area contributed by atoms with Crippen LogP contribution in [0.3, 0.4) is 0 Å². The lowest BCUT2D eigenvalue weighted by Gasteiger charge is -2.23. The van der Waals surface area contributed by atoms with Gasteiger partial charge in [-0.05, 0) is 56.6 Å². The minimum atomic E-state index is -1.82. The molecule has 7 heteroatoms. The summed E-state index contributed by atoms with van der Waals surface area (Å²) < 4.78 is 5.20. The Hall–Kier alpha value is -2.12. The number of carbonyl (C=O) groups is 2. The molecule has 2 rings (SSSR count). The molecular weight excluding hydrogens is 336 g/mol. The number of nitrogens with zero attached hydrogens (tertiary/aromatic N) is 2. The first kappa shape index (κ1) is 21.9. The van der Waals surface area contributed by atoms with E-state index in [9.17, 15) is 0 Å². The second-order valence-corrected chi connectivity index (χ2v) is 6.19. The lowest BCUT2D eigenvalue weighted by molar-refractivity contribution is -0.159. The number of carboxylic acids is 2. The molecule has 1 aliphatic rings. The number of likely N-dealkylation sites (tertiary alicyclic amines) is 1. The highest BCUT2D eigenvalue weighted by Gasteiger charge is 2.12. The van der Waals surface area contributed by atoms with Crippen molar-refractivity contribution in [2.75, 3.05) is 46.4 Å². The summed E-state index contributed by atoms with van der Waals surface area (Å²) in [5.74, 6) is -2.71. The summed E-state index contributed by atoms with van der Waals surface area (Å²) in [5, 5.41) is 14.8. The number of methoxy groups -OCH3 is 1. The van der Waals surface area contributed by atoms with E-state index >= 15 is 0 Å². The molecule has 0 aromatic heterocycles. The fourth-order valence-corrected chi connectivity index (χ4v) is 2.80. The van der Waals surface area contributed by atoms with E-state index in [1.54, 1.807) is 7.11 Å². The van der Waals surface area contributed by atoms with E-state index in [0.29, 0.717) is 0 Å². The molecule has 26 heavy (non-hydrogen) atoms. The molecule has 2 N–H and O–H groups in total. The van der Waals surface area contributed by atoms with Crippen molar-refractivity contribution in [3.63, 3.8) is 0 Å². The predicted molar refractivity (Wildman–Crippen MR) is 99.8 cm³/mol. The highest BCUT2D eigenvalue weighted by Crippen LogP contribution is 2.12. The second kappa shape index (κ2) is 12.3. The van der Waals surface area contributed by atoms with Crippen LogP contribution >= 0.6 is 0 Å². The number of hydrogen-bond acceptors (Lipinski definition) is 5. The Morgan fingerprint density at radius 1 is 1.08 bits per heavy atom. The van der Waals surface area contributed by atoms with Crippen molar-refractivity contribution in [3.05, 3.63) is 29.8 Å². The maximum atomic E-state index is 9.10. The Morgan fingerprint density at radius 2 is 1.65 bits per heavy atom. The smallest absolute Gasteiger partial charge is 0.414 e. The van der Waals surface area contributed by atoms with Crippen LogP contribution in [0.25, 0.3) is 0 Å². The van der Waals surface area contributed by atoms with Crippen LogP contribution in [-0.2, 0) is 16.0 Å². The summed E-state index contributed by atoms with van der Waals surface area (Å²) in [5.41, 5.74) is 1.39. The van der Waals surface area contributed by atoms with Crippen LogP contribution in [0.2, 0.25) is 0 Å². The largest absolute Gasteiger partial charge is 0.497 e. The summed E-state index contributed by atoms with van der Waals surface area (Å²) in [6, 6.07) is 8.45. The second-order valence-electron chi connectivity index (χ2n) is 6.19. The van der Waals surface area contributed by atoms with Gasteiger partial charge in [-0.3, -0.25) is 0 Å². The zero-order valence-corrected chi connectivity index (χ0v) is 15.7. The third-order valence-corrected chi connectivity index (χ3v) is 4.44. The number of hydrogen-bond donors (Lipinski definition) is 2. The zero-order chi connectivity index (χ0) is 19.4. The molecular formula is C19H30N2O5. The first-order valence-electron chi connectivity index (χ1n) is 9.00. The lowest BCUT2D eigenvalue weighted by atomic mass is 10.1. The van der Waals surface area contributed by atoms with Crippen LogP contribution < -0.4 is 4.74 Å². The highest BCUT2D eigenvalue weighted by atomic mass is 16.5. The number of carboxylic acid groups (broad SMARTS) is 2. The van der Waals surface area contributed by atoms with E-state index in [1.165, 1.54) is 44.6 Å². The topological polar surface area (TPSA) is 90.3 Å². The Morgan fingerprint density at radius 3 is 2.12 bits per heavy atom.